The number of para-hydroxylation sites is 1. The van der Waals surface area contributed by atoms with Gasteiger partial charge in [-0.05, 0) is 24.3 Å². The Morgan fingerprint density at radius 3 is 2.00 bits per heavy atom. The molecule has 0 fully saturated rings. The largest absolute Gasteiger partial charge is 0.384 e. The predicted molar refractivity (Wildman–Crippen MR) is 95.8 cm³/mol. The molecule has 0 radical (unpaired) electrons. The van der Waals surface area contributed by atoms with Crippen LogP contribution in [0.3, 0.4) is 0 Å². The molecule has 1 aromatic heterocycles. The third-order valence-electron chi connectivity index (χ3n) is 4.70. The van der Waals surface area contributed by atoms with E-state index in [9.17, 15) is 22.0 Å². The normalized spacial score (nSPS) is 11.5. The van der Waals surface area contributed by atoms with E-state index in [-0.39, 0.29) is 5.84 Å². The monoisotopic (exact) mass is 389 g/mol. The number of halogens is 5. The van der Waals surface area contributed by atoms with Gasteiger partial charge in [0.1, 0.15) is 5.84 Å². The fraction of sp³-hybridized carbons (Fsp3) is 0.0500. The molecule has 142 valence electrons. The molecule has 4 rings (SSSR count). The summed E-state index contributed by atoms with van der Waals surface area (Å²) < 4.78 is 70.4. The van der Waals surface area contributed by atoms with Crippen molar-refractivity contribution >= 4 is 27.6 Å². The molecule has 3 aromatic carbocycles. The van der Waals surface area contributed by atoms with Gasteiger partial charge in [0.05, 0.1) is 6.54 Å². The van der Waals surface area contributed by atoms with Crippen LogP contribution in [0.25, 0.3) is 21.8 Å². The summed E-state index contributed by atoms with van der Waals surface area (Å²) in [6, 6.07) is 11.7. The number of benzene rings is 3. The highest BCUT2D eigenvalue weighted by Crippen LogP contribution is 2.32. The number of aromatic nitrogens is 1. The van der Waals surface area contributed by atoms with Gasteiger partial charge in [-0.2, -0.15) is 0 Å². The van der Waals surface area contributed by atoms with E-state index in [1.54, 1.807) is 42.5 Å². The van der Waals surface area contributed by atoms with E-state index in [1.807, 2.05) is 0 Å². The molecule has 3 nitrogen and oxygen atoms in total. The van der Waals surface area contributed by atoms with Gasteiger partial charge in [-0.1, -0.05) is 18.2 Å². The highest BCUT2D eigenvalue weighted by molar-refractivity contribution is 6.10. The number of hydrogen-bond donors (Lipinski definition) is 2. The predicted octanol–water partition coefficient (Wildman–Crippen LogP) is 4.82. The lowest BCUT2D eigenvalue weighted by Crippen LogP contribution is -2.12. The Bertz CT molecular complexity index is 1250. The minimum Gasteiger partial charge on any atom is -0.384 e. The van der Waals surface area contributed by atoms with Gasteiger partial charge in [0, 0.05) is 32.9 Å². The lowest BCUT2D eigenvalue weighted by molar-refractivity contribution is 0.369. The Hall–Kier alpha value is -3.42. The van der Waals surface area contributed by atoms with Gasteiger partial charge < -0.3 is 10.3 Å². The molecule has 0 aliphatic heterocycles. The Balaban J connectivity index is 2.01. The van der Waals surface area contributed by atoms with E-state index in [1.165, 1.54) is 4.57 Å². The zero-order valence-electron chi connectivity index (χ0n) is 14.2. The lowest BCUT2D eigenvalue weighted by atomic mass is 10.1. The van der Waals surface area contributed by atoms with Crippen molar-refractivity contribution in [3.05, 3.63) is 82.7 Å². The zero-order chi connectivity index (χ0) is 20.2. The summed E-state index contributed by atoms with van der Waals surface area (Å²) in [5, 5.41) is 8.93. The lowest BCUT2D eigenvalue weighted by Gasteiger charge is -2.12. The van der Waals surface area contributed by atoms with Crippen LogP contribution in [-0.4, -0.2) is 10.4 Å². The SMILES string of the molecule is N=C(N)c1ccc2c(c1)c1ccccc1n2Cc1c(F)c(F)c(F)c(F)c1F. The van der Waals surface area contributed by atoms with Gasteiger partial charge in [0.25, 0.3) is 0 Å². The molecule has 1 heterocycles. The topological polar surface area (TPSA) is 54.8 Å². The summed E-state index contributed by atoms with van der Waals surface area (Å²) in [4.78, 5) is 0. The van der Waals surface area contributed by atoms with E-state index in [0.717, 1.165) is 0 Å². The fourth-order valence-corrected chi connectivity index (χ4v) is 3.34. The minimum absolute atomic E-state index is 0.154. The van der Waals surface area contributed by atoms with Crippen LogP contribution in [0.15, 0.2) is 42.5 Å². The van der Waals surface area contributed by atoms with E-state index in [0.29, 0.717) is 27.4 Å². The first-order valence-corrected chi connectivity index (χ1v) is 8.17. The summed E-state index contributed by atoms with van der Waals surface area (Å²) in [5.74, 6) is -10.0. The van der Waals surface area contributed by atoms with Gasteiger partial charge in [-0.15, -0.1) is 0 Å². The first kappa shape index (κ1) is 18.0. The van der Waals surface area contributed by atoms with E-state index in [4.69, 9.17) is 11.1 Å². The van der Waals surface area contributed by atoms with Crippen LogP contribution < -0.4 is 5.73 Å². The molecule has 0 amide bonds. The number of amidine groups is 1. The zero-order valence-corrected chi connectivity index (χ0v) is 14.2. The molecule has 4 aromatic rings. The molecule has 3 N–H and O–H groups in total. The van der Waals surface area contributed by atoms with Crippen LogP contribution in [-0.2, 0) is 6.54 Å². The molecule has 0 bridgehead atoms. The average Bonchev–Trinajstić information content (AvgIpc) is 3.01. The van der Waals surface area contributed by atoms with Crippen LogP contribution in [0.1, 0.15) is 11.1 Å². The van der Waals surface area contributed by atoms with Crippen LogP contribution >= 0.6 is 0 Å². The van der Waals surface area contributed by atoms with Gasteiger partial charge >= 0.3 is 0 Å². The summed E-state index contributed by atoms with van der Waals surface area (Å²) in [6.07, 6.45) is 0. The third-order valence-corrected chi connectivity index (χ3v) is 4.70. The van der Waals surface area contributed by atoms with Gasteiger partial charge in [-0.3, -0.25) is 5.41 Å². The van der Waals surface area contributed by atoms with Crippen molar-refractivity contribution in [2.24, 2.45) is 5.73 Å². The average molecular weight is 389 g/mol. The van der Waals surface area contributed by atoms with Crippen molar-refractivity contribution in [3.8, 4) is 0 Å². The summed E-state index contributed by atoms with van der Waals surface area (Å²) in [7, 11) is 0. The standard InChI is InChI=1S/C20H12F5N3/c21-15-12(16(22)18(24)19(25)17(15)23)8-28-13-4-2-1-3-10(13)11-7-9(20(26)27)5-6-14(11)28/h1-7H,8H2,(H3,26,27). The molecule has 0 saturated carbocycles. The maximum absolute atomic E-state index is 14.2. The molecule has 0 aliphatic rings. The summed E-state index contributed by atoms with van der Waals surface area (Å²) in [5.41, 5.74) is 6.11. The Morgan fingerprint density at radius 1 is 0.786 bits per heavy atom. The van der Waals surface area contributed by atoms with Crippen LogP contribution in [0.5, 0.6) is 0 Å². The Kier molecular flexibility index (Phi) is 4.06. The number of nitrogen functional groups attached to an aromatic ring is 1. The molecule has 8 heteroatoms. The van der Waals surface area contributed by atoms with E-state index < -0.39 is 41.2 Å². The number of nitrogens with one attached hydrogen (secondary N) is 1. The first-order valence-electron chi connectivity index (χ1n) is 8.17. The molecule has 0 spiro atoms. The number of hydrogen-bond acceptors (Lipinski definition) is 1. The van der Waals surface area contributed by atoms with Crippen molar-refractivity contribution in [3.63, 3.8) is 0 Å². The second-order valence-electron chi connectivity index (χ2n) is 6.30. The number of nitrogens with two attached hydrogens (primary N) is 1. The smallest absolute Gasteiger partial charge is 0.200 e. The second kappa shape index (κ2) is 6.33. The number of fused-ring (bicyclic) bond motifs is 3. The van der Waals surface area contributed by atoms with Gasteiger partial charge in [0.2, 0.25) is 5.82 Å². The van der Waals surface area contributed by atoms with Gasteiger partial charge in [-0.25, -0.2) is 22.0 Å². The summed E-state index contributed by atoms with van der Waals surface area (Å²) in [6.45, 7) is -0.560. The third kappa shape index (κ3) is 2.52. The van der Waals surface area contributed by atoms with Crippen LogP contribution in [0.4, 0.5) is 22.0 Å². The Labute approximate surface area is 155 Å². The molecule has 0 aliphatic carbocycles. The molecular weight excluding hydrogens is 377 g/mol. The number of rotatable bonds is 3. The maximum Gasteiger partial charge on any atom is 0.200 e. The Morgan fingerprint density at radius 2 is 1.36 bits per heavy atom. The molecule has 0 atom stereocenters. The second-order valence-corrected chi connectivity index (χ2v) is 6.30. The van der Waals surface area contributed by atoms with Crippen molar-refractivity contribution in [1.82, 2.24) is 4.57 Å². The van der Waals surface area contributed by atoms with E-state index in [2.05, 4.69) is 0 Å². The molecule has 28 heavy (non-hydrogen) atoms. The highest BCUT2D eigenvalue weighted by Gasteiger charge is 2.26. The molecule has 0 saturated heterocycles. The van der Waals surface area contributed by atoms with E-state index >= 15 is 0 Å². The highest BCUT2D eigenvalue weighted by atomic mass is 19.2. The van der Waals surface area contributed by atoms with Crippen molar-refractivity contribution < 1.29 is 22.0 Å². The fourth-order valence-electron chi connectivity index (χ4n) is 3.34. The van der Waals surface area contributed by atoms with Crippen molar-refractivity contribution in [2.45, 2.75) is 6.54 Å². The first-order chi connectivity index (χ1) is 13.3. The quantitative estimate of drug-likeness (QED) is 0.170. The molecular formula is C20H12F5N3. The minimum atomic E-state index is -2.19. The van der Waals surface area contributed by atoms with Gasteiger partial charge in [0.15, 0.2) is 23.3 Å². The number of nitrogens with zero attached hydrogens (tertiary/aromatic N) is 1. The molecule has 0 unspecified atom stereocenters. The van der Waals surface area contributed by atoms with Crippen LogP contribution in [0, 0.1) is 34.5 Å². The van der Waals surface area contributed by atoms with Crippen molar-refractivity contribution in [1.29, 1.82) is 5.41 Å². The van der Waals surface area contributed by atoms with Crippen molar-refractivity contribution in [2.75, 3.05) is 0 Å². The van der Waals surface area contributed by atoms with Crippen LogP contribution in [0.2, 0.25) is 0 Å². The summed E-state index contributed by atoms with van der Waals surface area (Å²) >= 11 is 0. The maximum atomic E-state index is 14.2.